The number of β-amino-alcohol motifs (C(OH)–C–C–N with tert-alkyl or cyclic N) is 1. The summed E-state index contributed by atoms with van der Waals surface area (Å²) in [6.07, 6.45) is -2.26. The van der Waals surface area contributed by atoms with Crippen LogP contribution in [0.4, 0.5) is 18.0 Å². The smallest absolute Gasteiger partial charge is 0.390 e. The summed E-state index contributed by atoms with van der Waals surface area (Å²) in [4.78, 5) is 26.6. The molecule has 2 saturated heterocycles. The number of halogens is 4. The number of aliphatic hydroxyl groups is 1. The topological polar surface area (TPSA) is 87.5 Å². The minimum Gasteiger partial charge on any atom is -0.390 e. The van der Waals surface area contributed by atoms with Gasteiger partial charge in [0.2, 0.25) is 0 Å². The van der Waals surface area contributed by atoms with E-state index in [0.717, 1.165) is 22.7 Å². The number of nitrogens with zero attached hydrogens (tertiary/aromatic N) is 3. The third-order valence-electron chi connectivity index (χ3n) is 5.97. The third-order valence-corrected chi connectivity index (χ3v) is 7.09. The molecular weight excluding hydrogens is 505 g/mol. The Morgan fingerprint density at radius 3 is 2.71 bits per heavy atom. The number of amides is 2. The van der Waals surface area contributed by atoms with Crippen LogP contribution >= 0.6 is 23.4 Å². The number of aromatic nitrogens is 2. The van der Waals surface area contributed by atoms with E-state index in [1.54, 1.807) is 24.3 Å². The molecule has 3 heterocycles. The van der Waals surface area contributed by atoms with Gasteiger partial charge < -0.3 is 10.4 Å². The van der Waals surface area contributed by atoms with E-state index in [9.17, 15) is 27.9 Å². The molecule has 2 atom stereocenters. The van der Waals surface area contributed by atoms with Gasteiger partial charge in [-0.2, -0.15) is 18.3 Å². The summed E-state index contributed by atoms with van der Waals surface area (Å²) in [6.45, 7) is 0.541. The van der Waals surface area contributed by atoms with E-state index in [2.05, 4.69) is 10.4 Å². The number of rotatable bonds is 4. The summed E-state index contributed by atoms with van der Waals surface area (Å²) in [7, 11) is 0. The fourth-order valence-electron chi connectivity index (χ4n) is 4.26. The summed E-state index contributed by atoms with van der Waals surface area (Å²) in [5.74, 6) is -0.467. The number of aliphatic hydroxyl groups excluding tert-OH is 1. The average molecular weight is 523 g/mol. The molecule has 0 unspecified atom stereocenters. The monoisotopic (exact) mass is 522 g/mol. The van der Waals surface area contributed by atoms with Gasteiger partial charge in [-0.05, 0) is 53.2 Å². The lowest BCUT2D eigenvalue weighted by molar-refractivity contribution is -0.138. The fraction of sp³-hybridized carbons (Fsp3) is 0.261. The second-order valence-electron chi connectivity index (χ2n) is 8.26. The number of hydrogen-bond acceptors (Lipinski definition) is 6. The molecule has 0 bridgehead atoms. The van der Waals surface area contributed by atoms with Crippen LogP contribution in [0.25, 0.3) is 17.0 Å². The second kappa shape index (κ2) is 8.98. The number of nitrogens with one attached hydrogen (secondary N) is 1. The first-order valence-electron chi connectivity index (χ1n) is 10.6. The van der Waals surface area contributed by atoms with Crippen LogP contribution in [0.15, 0.2) is 47.5 Å². The molecule has 0 radical (unpaired) electrons. The molecule has 1 aromatic heterocycles. The number of carbonyl (C=O) groups excluding carboxylic acids is 2. The predicted molar refractivity (Wildman–Crippen MR) is 126 cm³/mol. The molecule has 182 valence electrons. The first-order valence-corrected chi connectivity index (χ1v) is 11.8. The van der Waals surface area contributed by atoms with Crippen LogP contribution in [0.2, 0.25) is 5.02 Å². The van der Waals surface area contributed by atoms with E-state index in [1.165, 1.54) is 23.0 Å². The van der Waals surface area contributed by atoms with Crippen molar-refractivity contribution in [2.75, 3.05) is 13.1 Å². The number of benzene rings is 2. The predicted octanol–water partition coefficient (Wildman–Crippen LogP) is 4.13. The van der Waals surface area contributed by atoms with Crippen molar-refractivity contribution in [1.29, 1.82) is 0 Å². The first kappa shape index (κ1) is 23.9. The zero-order valence-electron chi connectivity index (χ0n) is 17.9. The van der Waals surface area contributed by atoms with Crippen LogP contribution in [0.5, 0.6) is 0 Å². The van der Waals surface area contributed by atoms with Crippen LogP contribution in [-0.4, -0.2) is 56.2 Å². The van der Waals surface area contributed by atoms with Gasteiger partial charge in [-0.15, -0.1) is 0 Å². The molecule has 0 spiro atoms. The van der Waals surface area contributed by atoms with Crippen molar-refractivity contribution in [3.63, 3.8) is 0 Å². The van der Waals surface area contributed by atoms with E-state index < -0.39 is 35.0 Å². The summed E-state index contributed by atoms with van der Waals surface area (Å²) >= 11 is 6.57. The molecule has 2 N–H and O–H groups in total. The van der Waals surface area contributed by atoms with E-state index >= 15 is 0 Å². The largest absolute Gasteiger partial charge is 0.416 e. The zero-order chi connectivity index (χ0) is 24.9. The summed E-state index contributed by atoms with van der Waals surface area (Å²) in [6, 6.07) is 8.17. The van der Waals surface area contributed by atoms with Crippen molar-refractivity contribution in [1.82, 2.24) is 20.0 Å². The van der Waals surface area contributed by atoms with E-state index in [0.29, 0.717) is 29.6 Å². The Labute approximate surface area is 206 Å². The molecule has 5 rings (SSSR count). The van der Waals surface area contributed by atoms with E-state index in [1.807, 2.05) is 0 Å². The van der Waals surface area contributed by atoms with Crippen LogP contribution in [0, 0.1) is 0 Å². The lowest BCUT2D eigenvalue weighted by atomic mass is 10.1. The molecule has 35 heavy (non-hydrogen) atoms. The van der Waals surface area contributed by atoms with Gasteiger partial charge in [-0.1, -0.05) is 23.7 Å². The highest BCUT2D eigenvalue weighted by Gasteiger charge is 2.44. The molecule has 2 fully saturated rings. The Kier molecular flexibility index (Phi) is 6.12. The SMILES string of the molecule is O=C1SC(=Cc2ccc3c(cnn3Cc3ccc(Cl)cc3C(F)(F)F)c2)C(=O)N1[C@@H]1CNC[C@H]1O. The Balaban J connectivity index is 1.41. The van der Waals surface area contributed by atoms with E-state index in [4.69, 9.17) is 11.6 Å². The summed E-state index contributed by atoms with van der Waals surface area (Å²) in [5.41, 5.74) is 0.463. The Morgan fingerprint density at radius 2 is 2.00 bits per heavy atom. The van der Waals surface area contributed by atoms with Crippen LogP contribution in [0.3, 0.4) is 0 Å². The average Bonchev–Trinajstić information content (AvgIpc) is 3.46. The lowest BCUT2D eigenvalue weighted by Crippen LogP contribution is -2.45. The Bertz CT molecular complexity index is 1370. The summed E-state index contributed by atoms with van der Waals surface area (Å²) < 4.78 is 41.8. The minimum absolute atomic E-state index is 0.000780. The van der Waals surface area contributed by atoms with Crippen molar-refractivity contribution in [2.45, 2.75) is 24.9 Å². The van der Waals surface area contributed by atoms with Gasteiger partial charge in [0.1, 0.15) is 0 Å². The molecule has 2 aromatic carbocycles. The van der Waals surface area contributed by atoms with Gasteiger partial charge in [-0.25, -0.2) is 0 Å². The normalized spacial score (nSPS) is 22.2. The number of imide groups is 1. The molecule has 0 saturated carbocycles. The molecule has 7 nitrogen and oxygen atoms in total. The maximum Gasteiger partial charge on any atom is 0.416 e. The Hall–Kier alpha value is -2.86. The van der Waals surface area contributed by atoms with Crippen molar-refractivity contribution in [2.24, 2.45) is 0 Å². The summed E-state index contributed by atoms with van der Waals surface area (Å²) in [5, 5.41) is 17.5. The lowest BCUT2D eigenvalue weighted by Gasteiger charge is -2.22. The van der Waals surface area contributed by atoms with Crippen molar-refractivity contribution >= 4 is 51.5 Å². The highest BCUT2D eigenvalue weighted by Crippen LogP contribution is 2.36. The van der Waals surface area contributed by atoms with Crippen LogP contribution in [0.1, 0.15) is 16.7 Å². The maximum atomic E-state index is 13.5. The fourth-order valence-corrected chi connectivity index (χ4v) is 5.32. The molecule has 12 heteroatoms. The van der Waals surface area contributed by atoms with Gasteiger partial charge in [0, 0.05) is 23.5 Å². The highest BCUT2D eigenvalue weighted by molar-refractivity contribution is 8.18. The highest BCUT2D eigenvalue weighted by atomic mass is 35.5. The van der Waals surface area contributed by atoms with Crippen LogP contribution in [-0.2, 0) is 17.5 Å². The molecule has 2 aliphatic heterocycles. The molecule has 3 aromatic rings. The van der Waals surface area contributed by atoms with Crippen LogP contribution < -0.4 is 5.32 Å². The van der Waals surface area contributed by atoms with Gasteiger partial charge in [0.25, 0.3) is 11.1 Å². The maximum absolute atomic E-state index is 13.5. The van der Waals surface area contributed by atoms with Gasteiger partial charge in [0.05, 0.1) is 40.9 Å². The van der Waals surface area contributed by atoms with Gasteiger partial charge >= 0.3 is 6.18 Å². The van der Waals surface area contributed by atoms with Crippen molar-refractivity contribution in [3.05, 3.63) is 69.2 Å². The van der Waals surface area contributed by atoms with E-state index in [-0.39, 0.29) is 22.0 Å². The minimum atomic E-state index is -4.55. The van der Waals surface area contributed by atoms with Crippen molar-refractivity contribution < 1.29 is 27.9 Å². The van der Waals surface area contributed by atoms with Gasteiger partial charge in [-0.3, -0.25) is 19.2 Å². The number of hydrogen-bond donors (Lipinski definition) is 2. The standard InChI is InChI=1S/C23H18ClF3N4O3S/c24-15-3-2-13(16(7-15)23(25,26)27)11-30-17-4-1-12(5-14(17)8-29-30)6-20-21(33)31(22(34)35-20)18-9-28-10-19(18)32/h1-8,18-19,28,32H,9-11H2/t18-,19-/m1/s1. The number of thioether (sulfide) groups is 1. The van der Waals surface area contributed by atoms with Gasteiger partial charge in [0.15, 0.2) is 0 Å². The number of fused-ring (bicyclic) bond motifs is 1. The molecular formula is C23H18ClF3N4O3S. The van der Waals surface area contributed by atoms with Crippen molar-refractivity contribution in [3.8, 4) is 0 Å². The number of carbonyl (C=O) groups is 2. The molecule has 0 aliphatic carbocycles. The second-order valence-corrected chi connectivity index (χ2v) is 9.69. The Morgan fingerprint density at radius 1 is 1.20 bits per heavy atom. The quantitative estimate of drug-likeness (QED) is 0.501. The third kappa shape index (κ3) is 4.56. The molecule has 2 amide bonds. The first-order chi connectivity index (χ1) is 16.6. The zero-order valence-corrected chi connectivity index (χ0v) is 19.5. The molecule has 2 aliphatic rings. The number of alkyl halides is 3.